The molecule has 1 fully saturated rings. The van der Waals surface area contributed by atoms with Crippen LogP contribution in [0.4, 0.5) is 11.4 Å². The Hall–Kier alpha value is -2.71. The summed E-state index contributed by atoms with van der Waals surface area (Å²) in [6.45, 7) is 0. The van der Waals surface area contributed by atoms with E-state index in [-0.39, 0.29) is 18.2 Å². The van der Waals surface area contributed by atoms with Crippen LogP contribution in [0.1, 0.15) is 6.42 Å². The second-order valence-electron chi connectivity index (χ2n) is 5.81. The normalized spacial score (nSPS) is 17.3. The minimum Gasteiger partial charge on any atom is -0.493 e. The zero-order valence-electron chi connectivity index (χ0n) is 15.2. The number of amides is 2. The Morgan fingerprint density at radius 1 is 1.18 bits per heavy atom. The summed E-state index contributed by atoms with van der Waals surface area (Å²) in [4.78, 5) is 28.8. The number of methoxy groups -OCH3 is 2. The number of carbonyl (C=O) groups excluding carboxylic acids is 2. The van der Waals surface area contributed by atoms with Crippen LogP contribution >= 0.6 is 23.4 Å². The molecular weight excluding hydrogens is 402 g/mol. The van der Waals surface area contributed by atoms with E-state index in [0.29, 0.717) is 33.1 Å². The van der Waals surface area contributed by atoms with Crippen LogP contribution in [0.5, 0.6) is 11.5 Å². The number of amidine groups is 1. The highest BCUT2D eigenvalue weighted by Gasteiger charge is 2.32. The summed E-state index contributed by atoms with van der Waals surface area (Å²) in [5.41, 5.74) is 1.23. The maximum atomic E-state index is 12.3. The van der Waals surface area contributed by atoms with Crippen LogP contribution in [-0.2, 0) is 9.59 Å². The average Bonchev–Trinajstić information content (AvgIpc) is 3.02. The molecule has 1 atom stereocenters. The first-order chi connectivity index (χ1) is 13.5. The molecule has 7 nitrogen and oxygen atoms in total. The van der Waals surface area contributed by atoms with Crippen LogP contribution in [0.3, 0.4) is 0 Å². The van der Waals surface area contributed by atoms with Crippen molar-refractivity contribution in [2.45, 2.75) is 11.7 Å². The molecule has 2 N–H and O–H groups in total. The quantitative estimate of drug-likeness (QED) is 0.746. The van der Waals surface area contributed by atoms with Gasteiger partial charge in [0.2, 0.25) is 11.8 Å². The largest absolute Gasteiger partial charge is 0.493 e. The highest BCUT2D eigenvalue weighted by atomic mass is 35.5. The SMILES string of the molecule is COc1ccc(NC(=O)CC2SC(=Nc3ccc(Cl)cc3)NC2=O)cc1OC. The van der Waals surface area contributed by atoms with Crippen LogP contribution in [0.25, 0.3) is 0 Å². The third-order valence-electron chi connectivity index (χ3n) is 3.87. The maximum Gasteiger partial charge on any atom is 0.240 e. The van der Waals surface area contributed by atoms with Gasteiger partial charge >= 0.3 is 0 Å². The van der Waals surface area contributed by atoms with Crippen LogP contribution in [-0.4, -0.2) is 36.5 Å². The van der Waals surface area contributed by atoms with Gasteiger partial charge in [-0.2, -0.15) is 0 Å². The summed E-state index contributed by atoms with van der Waals surface area (Å²) < 4.78 is 10.4. The predicted molar refractivity (Wildman–Crippen MR) is 111 cm³/mol. The fraction of sp³-hybridized carbons (Fsp3) is 0.211. The Morgan fingerprint density at radius 3 is 2.57 bits per heavy atom. The molecule has 1 saturated heterocycles. The van der Waals surface area contributed by atoms with E-state index in [9.17, 15) is 9.59 Å². The Labute approximate surface area is 171 Å². The zero-order chi connectivity index (χ0) is 20.1. The number of hydrogen-bond donors (Lipinski definition) is 2. The average molecular weight is 420 g/mol. The van der Waals surface area contributed by atoms with E-state index in [4.69, 9.17) is 21.1 Å². The van der Waals surface area contributed by atoms with Crippen molar-refractivity contribution < 1.29 is 19.1 Å². The molecule has 2 amide bonds. The molecule has 1 heterocycles. The third-order valence-corrected chi connectivity index (χ3v) is 5.21. The fourth-order valence-electron chi connectivity index (χ4n) is 2.52. The first kappa shape index (κ1) is 20.0. The lowest BCUT2D eigenvalue weighted by Gasteiger charge is -2.11. The van der Waals surface area contributed by atoms with Gasteiger partial charge in [-0.05, 0) is 36.4 Å². The molecule has 0 spiro atoms. The molecule has 9 heteroatoms. The topological polar surface area (TPSA) is 89.0 Å². The van der Waals surface area contributed by atoms with Crippen molar-refractivity contribution in [2.75, 3.05) is 19.5 Å². The number of nitrogens with one attached hydrogen (secondary N) is 2. The minimum absolute atomic E-state index is 0.0183. The molecule has 0 aliphatic carbocycles. The number of ether oxygens (including phenoxy) is 2. The zero-order valence-corrected chi connectivity index (χ0v) is 16.8. The number of anilines is 1. The monoisotopic (exact) mass is 419 g/mol. The lowest BCUT2D eigenvalue weighted by molar-refractivity contribution is -0.122. The van der Waals surface area contributed by atoms with E-state index in [1.54, 1.807) is 42.5 Å². The van der Waals surface area contributed by atoms with Gasteiger partial charge in [-0.15, -0.1) is 0 Å². The van der Waals surface area contributed by atoms with E-state index < -0.39 is 5.25 Å². The number of benzene rings is 2. The summed E-state index contributed by atoms with van der Waals surface area (Å²) in [7, 11) is 3.06. The van der Waals surface area contributed by atoms with Crippen LogP contribution in [0.15, 0.2) is 47.5 Å². The molecule has 1 aliphatic rings. The molecule has 0 bridgehead atoms. The van der Waals surface area contributed by atoms with Gasteiger partial charge in [0.25, 0.3) is 0 Å². The van der Waals surface area contributed by atoms with Crippen molar-refractivity contribution in [3.8, 4) is 11.5 Å². The summed E-state index contributed by atoms with van der Waals surface area (Å²) in [6, 6.07) is 12.0. The third kappa shape index (κ3) is 4.96. The van der Waals surface area contributed by atoms with Gasteiger partial charge in [-0.1, -0.05) is 23.4 Å². The number of rotatable bonds is 6. The van der Waals surface area contributed by atoms with Gasteiger partial charge in [-0.25, -0.2) is 4.99 Å². The van der Waals surface area contributed by atoms with Crippen molar-refractivity contribution in [1.82, 2.24) is 5.32 Å². The highest BCUT2D eigenvalue weighted by Crippen LogP contribution is 2.30. The number of hydrogen-bond acceptors (Lipinski definition) is 6. The lowest BCUT2D eigenvalue weighted by atomic mass is 10.2. The summed E-state index contributed by atoms with van der Waals surface area (Å²) in [5.74, 6) is 0.535. The lowest BCUT2D eigenvalue weighted by Crippen LogP contribution is -2.28. The summed E-state index contributed by atoms with van der Waals surface area (Å²) >= 11 is 7.07. The number of nitrogens with zero attached hydrogens (tertiary/aromatic N) is 1. The second kappa shape index (κ2) is 8.99. The van der Waals surface area contributed by atoms with Crippen molar-refractivity contribution in [1.29, 1.82) is 0 Å². The standard InChI is InChI=1S/C19H18ClN3O4S/c1-26-14-8-7-13(9-15(14)27-2)21-17(24)10-16-18(25)23-19(28-16)22-12-5-3-11(20)4-6-12/h3-9,16H,10H2,1-2H3,(H,21,24)(H,22,23,25). The van der Waals surface area contributed by atoms with Crippen molar-refractivity contribution >= 4 is 51.7 Å². The molecule has 2 aromatic rings. The molecule has 0 saturated carbocycles. The maximum absolute atomic E-state index is 12.3. The molecule has 0 aromatic heterocycles. The Morgan fingerprint density at radius 2 is 1.89 bits per heavy atom. The van der Waals surface area contributed by atoms with E-state index >= 15 is 0 Å². The summed E-state index contributed by atoms with van der Waals surface area (Å²) in [5, 5.41) is 5.97. The molecule has 2 aromatic carbocycles. The molecule has 1 aliphatic heterocycles. The van der Waals surface area contributed by atoms with Crippen LogP contribution in [0.2, 0.25) is 5.02 Å². The molecule has 28 heavy (non-hydrogen) atoms. The van der Waals surface area contributed by atoms with E-state index in [2.05, 4.69) is 15.6 Å². The molecular formula is C19H18ClN3O4S. The van der Waals surface area contributed by atoms with Gasteiger partial charge in [-0.3, -0.25) is 9.59 Å². The van der Waals surface area contributed by atoms with E-state index in [1.807, 2.05) is 0 Å². The minimum atomic E-state index is -0.550. The van der Waals surface area contributed by atoms with Crippen LogP contribution in [0, 0.1) is 0 Å². The van der Waals surface area contributed by atoms with Gasteiger partial charge in [0.15, 0.2) is 16.7 Å². The van der Waals surface area contributed by atoms with Gasteiger partial charge in [0, 0.05) is 23.2 Å². The first-order valence-corrected chi connectivity index (χ1v) is 9.58. The van der Waals surface area contributed by atoms with Crippen molar-refractivity contribution in [2.24, 2.45) is 4.99 Å². The number of carbonyl (C=O) groups is 2. The smallest absolute Gasteiger partial charge is 0.240 e. The van der Waals surface area contributed by atoms with Gasteiger partial charge < -0.3 is 20.1 Å². The Kier molecular flexibility index (Phi) is 6.43. The number of halogens is 1. The highest BCUT2D eigenvalue weighted by molar-refractivity contribution is 8.15. The second-order valence-corrected chi connectivity index (χ2v) is 7.44. The number of thioether (sulfide) groups is 1. The van der Waals surface area contributed by atoms with Crippen LogP contribution < -0.4 is 20.1 Å². The Bertz CT molecular complexity index is 918. The first-order valence-electron chi connectivity index (χ1n) is 8.32. The predicted octanol–water partition coefficient (Wildman–Crippen LogP) is 3.61. The van der Waals surface area contributed by atoms with Crippen molar-refractivity contribution in [3.63, 3.8) is 0 Å². The van der Waals surface area contributed by atoms with Gasteiger partial charge in [0.05, 0.1) is 19.9 Å². The molecule has 0 radical (unpaired) electrons. The number of aliphatic imine (C=N–C) groups is 1. The molecule has 146 valence electrons. The fourth-order valence-corrected chi connectivity index (χ4v) is 3.63. The van der Waals surface area contributed by atoms with Gasteiger partial charge in [0.1, 0.15) is 5.25 Å². The Balaban J connectivity index is 1.61. The van der Waals surface area contributed by atoms with E-state index in [1.165, 1.54) is 26.0 Å². The summed E-state index contributed by atoms with van der Waals surface area (Å²) in [6.07, 6.45) is 0.0183. The molecule has 3 rings (SSSR count). The molecule has 1 unspecified atom stereocenters. The van der Waals surface area contributed by atoms with E-state index in [0.717, 1.165) is 0 Å². The van der Waals surface area contributed by atoms with Crippen molar-refractivity contribution in [3.05, 3.63) is 47.5 Å².